The fraction of sp³-hybridized carbons (Fsp3) is 0.385. The van der Waals surface area contributed by atoms with Gasteiger partial charge >= 0.3 is 11.9 Å². The van der Waals surface area contributed by atoms with Crippen LogP contribution in [0, 0.1) is 11.8 Å². The molecule has 2 aromatic carbocycles. The van der Waals surface area contributed by atoms with Crippen LogP contribution < -0.4 is 0 Å². The first kappa shape index (κ1) is 21.3. The van der Waals surface area contributed by atoms with Gasteiger partial charge in [0.1, 0.15) is 0 Å². The lowest BCUT2D eigenvalue weighted by Gasteiger charge is -2.43. The van der Waals surface area contributed by atoms with Crippen LogP contribution in [0.5, 0.6) is 0 Å². The van der Waals surface area contributed by atoms with Crippen LogP contribution in [0.4, 0.5) is 0 Å². The van der Waals surface area contributed by atoms with E-state index in [1.165, 1.54) is 25.4 Å². The predicted octanol–water partition coefficient (Wildman–Crippen LogP) is 3.95. The number of nitrogens with zero attached hydrogens (tertiary/aromatic N) is 1. The van der Waals surface area contributed by atoms with Gasteiger partial charge in [-0.1, -0.05) is 66.2 Å². The van der Waals surface area contributed by atoms with Crippen molar-refractivity contribution in [3.05, 3.63) is 82.9 Å². The van der Waals surface area contributed by atoms with Crippen LogP contribution in [0.1, 0.15) is 29.9 Å². The van der Waals surface area contributed by atoms with E-state index in [4.69, 9.17) is 9.47 Å². The summed E-state index contributed by atoms with van der Waals surface area (Å²) in [6.45, 7) is 2.42. The Morgan fingerprint density at radius 2 is 1.58 bits per heavy atom. The van der Waals surface area contributed by atoms with Gasteiger partial charge < -0.3 is 9.47 Å². The van der Waals surface area contributed by atoms with Gasteiger partial charge in [0.15, 0.2) is 0 Å². The van der Waals surface area contributed by atoms with Crippen LogP contribution in [0.25, 0.3) is 0 Å². The second-order valence-electron chi connectivity index (χ2n) is 8.35. The monoisotopic (exact) mass is 419 g/mol. The van der Waals surface area contributed by atoms with Crippen LogP contribution in [-0.2, 0) is 25.6 Å². The molecule has 2 aromatic rings. The molecule has 0 spiro atoms. The second kappa shape index (κ2) is 9.48. The molecule has 5 nitrogen and oxygen atoms in total. The average Bonchev–Trinajstić information content (AvgIpc) is 2.83. The maximum atomic E-state index is 13.0. The number of methoxy groups -OCH3 is 2. The van der Waals surface area contributed by atoms with E-state index in [1.807, 2.05) is 48.5 Å². The molecule has 162 valence electrons. The fourth-order valence-electron chi connectivity index (χ4n) is 5.13. The topological polar surface area (TPSA) is 55.8 Å². The standard InChI is InChI=1S/C26H29NO4/c1-30-25(28)23-21(19-11-7-4-8-12-19)15-20-13-14-27(16-18-9-5-3-6-10-18)17-22(20)24(23)26(29)31-2/h3-12,21,23-24H,13-17H2,1-2H3. The number of ether oxygens (including phenoxy) is 2. The molecule has 0 saturated heterocycles. The molecule has 0 bridgehead atoms. The third-order valence-corrected chi connectivity index (χ3v) is 6.62. The number of rotatable bonds is 5. The summed E-state index contributed by atoms with van der Waals surface area (Å²) < 4.78 is 10.4. The lowest BCUT2D eigenvalue weighted by Crippen LogP contribution is -2.45. The first-order valence-corrected chi connectivity index (χ1v) is 10.8. The molecular formula is C26H29NO4. The third-order valence-electron chi connectivity index (χ3n) is 6.62. The van der Waals surface area contributed by atoms with Crippen molar-refractivity contribution in [2.45, 2.75) is 25.3 Å². The number of benzene rings is 2. The van der Waals surface area contributed by atoms with Crippen LogP contribution in [0.2, 0.25) is 0 Å². The minimum Gasteiger partial charge on any atom is -0.469 e. The summed E-state index contributed by atoms with van der Waals surface area (Å²) in [4.78, 5) is 28.3. The Morgan fingerprint density at radius 1 is 0.935 bits per heavy atom. The molecular weight excluding hydrogens is 390 g/mol. The Labute approximate surface area is 183 Å². The zero-order valence-electron chi connectivity index (χ0n) is 18.1. The van der Waals surface area contributed by atoms with Gasteiger partial charge in [-0.05, 0) is 29.5 Å². The van der Waals surface area contributed by atoms with Crippen molar-refractivity contribution in [2.75, 3.05) is 27.3 Å². The van der Waals surface area contributed by atoms with E-state index in [0.717, 1.165) is 37.1 Å². The van der Waals surface area contributed by atoms with Gasteiger partial charge in [-0.2, -0.15) is 0 Å². The van der Waals surface area contributed by atoms with E-state index in [9.17, 15) is 9.59 Å². The third kappa shape index (κ3) is 4.42. The summed E-state index contributed by atoms with van der Waals surface area (Å²) in [6, 6.07) is 20.3. The summed E-state index contributed by atoms with van der Waals surface area (Å²) >= 11 is 0. The molecule has 0 N–H and O–H groups in total. The maximum Gasteiger partial charge on any atom is 0.313 e. The molecule has 0 amide bonds. The molecule has 5 heteroatoms. The fourth-order valence-corrected chi connectivity index (χ4v) is 5.13. The van der Waals surface area contributed by atoms with E-state index in [-0.39, 0.29) is 17.9 Å². The minimum absolute atomic E-state index is 0.0998. The molecule has 3 unspecified atom stereocenters. The number of hydrogen-bond acceptors (Lipinski definition) is 5. The minimum atomic E-state index is -0.620. The zero-order valence-corrected chi connectivity index (χ0v) is 18.1. The van der Waals surface area contributed by atoms with E-state index < -0.39 is 11.8 Å². The van der Waals surface area contributed by atoms with Crippen LogP contribution in [0.15, 0.2) is 71.8 Å². The molecule has 0 saturated carbocycles. The van der Waals surface area contributed by atoms with Crippen LogP contribution in [0.3, 0.4) is 0 Å². The van der Waals surface area contributed by atoms with Crippen molar-refractivity contribution >= 4 is 11.9 Å². The Balaban J connectivity index is 1.70. The molecule has 0 radical (unpaired) electrons. The number of hydrogen-bond donors (Lipinski definition) is 0. The highest BCUT2D eigenvalue weighted by atomic mass is 16.5. The van der Waals surface area contributed by atoms with Crippen molar-refractivity contribution < 1.29 is 19.1 Å². The van der Waals surface area contributed by atoms with Gasteiger partial charge in [-0.25, -0.2) is 0 Å². The summed E-state index contributed by atoms with van der Waals surface area (Å²) in [7, 11) is 2.79. The van der Waals surface area contributed by atoms with Gasteiger partial charge in [0.25, 0.3) is 0 Å². The molecule has 1 heterocycles. The number of carbonyl (C=O) groups excluding carboxylic acids is 2. The lowest BCUT2D eigenvalue weighted by molar-refractivity contribution is -0.157. The number of esters is 2. The quantitative estimate of drug-likeness (QED) is 0.543. The Morgan fingerprint density at radius 3 is 2.23 bits per heavy atom. The highest BCUT2D eigenvalue weighted by molar-refractivity contribution is 5.86. The molecule has 4 rings (SSSR count). The number of carbonyl (C=O) groups is 2. The molecule has 31 heavy (non-hydrogen) atoms. The normalized spacial score (nSPS) is 23.7. The van der Waals surface area contributed by atoms with Crippen molar-refractivity contribution in [3.63, 3.8) is 0 Å². The van der Waals surface area contributed by atoms with Crippen molar-refractivity contribution in [1.82, 2.24) is 4.90 Å². The Bertz CT molecular complexity index is 954. The molecule has 0 aromatic heterocycles. The highest BCUT2D eigenvalue weighted by Gasteiger charge is 2.48. The second-order valence-corrected chi connectivity index (χ2v) is 8.35. The van der Waals surface area contributed by atoms with Crippen molar-refractivity contribution in [1.29, 1.82) is 0 Å². The largest absolute Gasteiger partial charge is 0.469 e. The molecule has 1 aliphatic heterocycles. The summed E-state index contributed by atoms with van der Waals surface area (Å²) in [5.41, 5.74) is 4.62. The van der Waals surface area contributed by atoms with Gasteiger partial charge in [0.2, 0.25) is 0 Å². The average molecular weight is 420 g/mol. The van der Waals surface area contributed by atoms with Crippen molar-refractivity contribution in [2.24, 2.45) is 11.8 Å². The van der Waals surface area contributed by atoms with Gasteiger partial charge in [0.05, 0.1) is 26.1 Å². The first-order chi connectivity index (χ1) is 15.1. The summed E-state index contributed by atoms with van der Waals surface area (Å²) in [6.07, 6.45) is 1.67. The summed E-state index contributed by atoms with van der Waals surface area (Å²) in [5, 5.41) is 0. The highest BCUT2D eigenvalue weighted by Crippen LogP contribution is 2.47. The molecule has 2 aliphatic rings. The van der Waals surface area contributed by atoms with E-state index in [1.54, 1.807) is 0 Å². The van der Waals surface area contributed by atoms with Crippen LogP contribution in [-0.4, -0.2) is 44.1 Å². The molecule has 3 atom stereocenters. The smallest absolute Gasteiger partial charge is 0.313 e. The predicted molar refractivity (Wildman–Crippen MR) is 118 cm³/mol. The van der Waals surface area contributed by atoms with Gasteiger partial charge in [-0.15, -0.1) is 0 Å². The van der Waals surface area contributed by atoms with E-state index >= 15 is 0 Å². The lowest BCUT2D eigenvalue weighted by atomic mass is 9.65. The van der Waals surface area contributed by atoms with Gasteiger partial charge in [-0.3, -0.25) is 14.5 Å². The summed E-state index contributed by atoms with van der Waals surface area (Å²) in [5.74, 6) is -2.02. The zero-order chi connectivity index (χ0) is 21.8. The Hall–Kier alpha value is -2.92. The van der Waals surface area contributed by atoms with E-state index in [2.05, 4.69) is 17.0 Å². The molecule has 0 fully saturated rings. The van der Waals surface area contributed by atoms with Gasteiger partial charge in [0, 0.05) is 25.6 Å². The molecule has 1 aliphatic carbocycles. The first-order valence-electron chi connectivity index (χ1n) is 10.8. The van der Waals surface area contributed by atoms with Crippen LogP contribution >= 0.6 is 0 Å². The Kier molecular flexibility index (Phi) is 6.52. The SMILES string of the molecule is COC(=O)C1C2=C(CCN(Cc3ccccc3)C2)CC(c2ccccc2)C1C(=O)OC. The van der Waals surface area contributed by atoms with E-state index in [0.29, 0.717) is 6.54 Å². The maximum absolute atomic E-state index is 13.0. The van der Waals surface area contributed by atoms with Crippen molar-refractivity contribution in [3.8, 4) is 0 Å².